The Morgan fingerprint density at radius 1 is 1.11 bits per heavy atom. The van der Waals surface area contributed by atoms with Crippen molar-refractivity contribution in [2.24, 2.45) is 5.10 Å². The third-order valence-corrected chi connectivity index (χ3v) is 7.25. The predicted molar refractivity (Wildman–Crippen MR) is 140 cm³/mol. The van der Waals surface area contributed by atoms with E-state index in [1.54, 1.807) is 62.6 Å². The number of nitrogens with zero attached hydrogens (tertiary/aromatic N) is 2. The Morgan fingerprint density at radius 2 is 1.78 bits per heavy atom. The molecule has 1 heterocycles. The molecule has 1 aliphatic rings. The van der Waals surface area contributed by atoms with Gasteiger partial charge in [0.05, 0.1) is 18.2 Å². The van der Waals surface area contributed by atoms with Crippen molar-refractivity contribution < 1.29 is 31.6 Å². The molecule has 0 bridgehead atoms. The molecule has 0 unspecified atom stereocenters. The maximum atomic E-state index is 12.9. The van der Waals surface area contributed by atoms with Gasteiger partial charge in [-0.1, -0.05) is 17.7 Å². The van der Waals surface area contributed by atoms with Crippen molar-refractivity contribution in [3.05, 3.63) is 81.8 Å². The summed E-state index contributed by atoms with van der Waals surface area (Å²) in [4.78, 5) is 12.4. The maximum Gasteiger partial charge on any atom is 0.339 e. The van der Waals surface area contributed by atoms with E-state index in [9.17, 15) is 13.2 Å². The van der Waals surface area contributed by atoms with Gasteiger partial charge in [0.1, 0.15) is 10.6 Å². The summed E-state index contributed by atoms with van der Waals surface area (Å²) < 4.78 is 48.7. The van der Waals surface area contributed by atoms with Gasteiger partial charge in [-0.15, -0.1) is 5.10 Å². The minimum Gasteiger partial charge on any atom is -0.497 e. The number of hydrazone groups is 1. The SMILES string of the molecule is CCOc1cc([C@H]2OC(c3ccc(OC)cc3)=NN2C(C)=O)cc(Br)c1OS(=O)(=O)c1ccc(C)cc1. The lowest BCUT2D eigenvalue weighted by Crippen LogP contribution is -2.25. The van der Waals surface area contributed by atoms with Gasteiger partial charge < -0.3 is 18.4 Å². The highest BCUT2D eigenvalue weighted by Crippen LogP contribution is 2.42. The molecule has 9 nitrogen and oxygen atoms in total. The fraction of sp³-hybridized carbons (Fsp3) is 0.231. The van der Waals surface area contributed by atoms with Crippen LogP contribution in [0.25, 0.3) is 0 Å². The Labute approximate surface area is 223 Å². The highest BCUT2D eigenvalue weighted by molar-refractivity contribution is 9.10. The van der Waals surface area contributed by atoms with Crippen LogP contribution in [-0.2, 0) is 19.6 Å². The van der Waals surface area contributed by atoms with E-state index < -0.39 is 16.3 Å². The number of hydrogen-bond acceptors (Lipinski definition) is 8. The number of carbonyl (C=O) groups is 1. The summed E-state index contributed by atoms with van der Waals surface area (Å²) in [5, 5.41) is 5.57. The molecule has 0 radical (unpaired) electrons. The summed E-state index contributed by atoms with van der Waals surface area (Å²) in [5.74, 6) is 0.718. The van der Waals surface area contributed by atoms with E-state index in [4.69, 9.17) is 18.4 Å². The maximum absolute atomic E-state index is 12.9. The van der Waals surface area contributed by atoms with E-state index in [1.807, 2.05) is 6.92 Å². The highest BCUT2D eigenvalue weighted by atomic mass is 79.9. The van der Waals surface area contributed by atoms with Gasteiger partial charge in [0.2, 0.25) is 18.0 Å². The Balaban J connectivity index is 1.68. The van der Waals surface area contributed by atoms with Crippen molar-refractivity contribution >= 4 is 37.9 Å². The van der Waals surface area contributed by atoms with Crippen LogP contribution in [0.3, 0.4) is 0 Å². The largest absolute Gasteiger partial charge is 0.497 e. The summed E-state index contributed by atoms with van der Waals surface area (Å²) in [6, 6.07) is 16.6. The molecule has 37 heavy (non-hydrogen) atoms. The van der Waals surface area contributed by atoms with E-state index in [0.29, 0.717) is 21.3 Å². The van der Waals surface area contributed by atoms with Gasteiger partial charge in [-0.25, -0.2) is 0 Å². The molecule has 3 aromatic carbocycles. The van der Waals surface area contributed by atoms with Crippen LogP contribution in [0.15, 0.2) is 75.1 Å². The lowest BCUT2D eigenvalue weighted by Gasteiger charge is -2.21. The highest BCUT2D eigenvalue weighted by Gasteiger charge is 2.35. The average molecular weight is 589 g/mol. The average Bonchev–Trinajstić information content (AvgIpc) is 3.32. The van der Waals surface area contributed by atoms with Crippen molar-refractivity contribution in [3.8, 4) is 17.2 Å². The molecule has 11 heteroatoms. The number of methoxy groups -OCH3 is 1. The van der Waals surface area contributed by atoms with Gasteiger partial charge in [-0.05, 0) is 78.3 Å². The number of halogens is 1. The first kappa shape index (κ1) is 26.5. The molecule has 0 aromatic heterocycles. The van der Waals surface area contributed by atoms with E-state index >= 15 is 0 Å². The van der Waals surface area contributed by atoms with Gasteiger partial charge >= 0.3 is 10.1 Å². The topological polar surface area (TPSA) is 104 Å². The van der Waals surface area contributed by atoms with Crippen LogP contribution in [0.1, 0.15) is 36.8 Å². The van der Waals surface area contributed by atoms with Gasteiger partial charge in [0.25, 0.3) is 0 Å². The first-order valence-corrected chi connectivity index (χ1v) is 13.5. The molecular weight excluding hydrogens is 564 g/mol. The van der Waals surface area contributed by atoms with E-state index in [-0.39, 0.29) is 34.8 Å². The summed E-state index contributed by atoms with van der Waals surface area (Å²) in [6.07, 6.45) is -0.909. The zero-order valence-corrected chi connectivity index (χ0v) is 23.0. The smallest absolute Gasteiger partial charge is 0.339 e. The first-order valence-electron chi connectivity index (χ1n) is 11.3. The Kier molecular flexibility index (Phi) is 7.74. The molecule has 0 spiro atoms. The predicted octanol–water partition coefficient (Wildman–Crippen LogP) is 5.17. The van der Waals surface area contributed by atoms with Crippen LogP contribution in [-0.4, -0.2) is 38.9 Å². The fourth-order valence-corrected chi connectivity index (χ4v) is 5.18. The van der Waals surface area contributed by atoms with Crippen molar-refractivity contribution in [3.63, 3.8) is 0 Å². The van der Waals surface area contributed by atoms with Crippen LogP contribution in [0.2, 0.25) is 0 Å². The van der Waals surface area contributed by atoms with Crippen LogP contribution in [0.4, 0.5) is 0 Å². The lowest BCUT2D eigenvalue weighted by molar-refractivity contribution is -0.135. The van der Waals surface area contributed by atoms with Crippen molar-refractivity contribution in [2.45, 2.75) is 31.9 Å². The van der Waals surface area contributed by atoms with Gasteiger partial charge in [0, 0.05) is 18.1 Å². The third kappa shape index (κ3) is 5.72. The summed E-state index contributed by atoms with van der Waals surface area (Å²) >= 11 is 3.41. The molecule has 4 rings (SSSR count). The first-order chi connectivity index (χ1) is 17.6. The van der Waals surface area contributed by atoms with E-state index in [0.717, 1.165) is 5.56 Å². The second kappa shape index (κ2) is 10.8. The number of ether oxygens (including phenoxy) is 3. The summed E-state index contributed by atoms with van der Waals surface area (Å²) in [6.45, 7) is 5.24. The standard InChI is InChI=1S/C26H25BrN2O7S/c1-5-34-23-15-19(14-22(27)24(23)36-37(31,32)21-12-6-16(2)7-13-21)26-29(17(3)30)28-25(35-26)18-8-10-20(33-4)11-9-18/h6-15,26H,5H2,1-4H3/t26-/m1/s1. The number of rotatable bonds is 8. The Hall–Kier alpha value is -3.57. The zero-order chi connectivity index (χ0) is 26.7. The normalized spacial score (nSPS) is 15.1. The van der Waals surface area contributed by atoms with Crippen LogP contribution in [0.5, 0.6) is 17.2 Å². The molecule has 3 aromatic rings. The van der Waals surface area contributed by atoms with E-state index in [2.05, 4.69) is 21.0 Å². The monoisotopic (exact) mass is 588 g/mol. The summed E-state index contributed by atoms with van der Waals surface area (Å²) in [5.41, 5.74) is 2.07. The van der Waals surface area contributed by atoms with Gasteiger partial charge in [-0.3, -0.25) is 4.79 Å². The molecule has 0 N–H and O–H groups in total. The number of aryl methyl sites for hydroxylation is 1. The minimum atomic E-state index is -4.14. The number of carbonyl (C=O) groups excluding carboxylic acids is 1. The van der Waals surface area contributed by atoms with Crippen molar-refractivity contribution in [2.75, 3.05) is 13.7 Å². The molecule has 0 saturated carbocycles. The van der Waals surface area contributed by atoms with Crippen molar-refractivity contribution in [1.29, 1.82) is 0 Å². The zero-order valence-electron chi connectivity index (χ0n) is 20.6. The molecule has 1 amide bonds. The number of hydrogen-bond donors (Lipinski definition) is 0. The third-order valence-electron chi connectivity index (χ3n) is 5.42. The quantitative estimate of drug-likeness (QED) is 0.334. The minimum absolute atomic E-state index is 0.0101. The van der Waals surface area contributed by atoms with Crippen LogP contribution in [0, 0.1) is 6.92 Å². The fourth-order valence-electron chi connectivity index (χ4n) is 3.57. The van der Waals surface area contributed by atoms with Gasteiger partial charge in [0.15, 0.2) is 11.5 Å². The van der Waals surface area contributed by atoms with E-state index in [1.165, 1.54) is 24.1 Å². The second-order valence-corrected chi connectivity index (χ2v) is 10.5. The summed E-state index contributed by atoms with van der Waals surface area (Å²) in [7, 11) is -2.57. The van der Waals surface area contributed by atoms with Crippen molar-refractivity contribution in [1.82, 2.24) is 5.01 Å². The lowest BCUT2D eigenvalue weighted by atomic mass is 10.1. The molecule has 0 aliphatic carbocycles. The van der Waals surface area contributed by atoms with Crippen LogP contribution >= 0.6 is 15.9 Å². The molecule has 0 fully saturated rings. The Bertz CT molecular complexity index is 1440. The van der Waals surface area contributed by atoms with Gasteiger partial charge in [-0.2, -0.15) is 13.4 Å². The Morgan fingerprint density at radius 3 is 2.38 bits per heavy atom. The second-order valence-electron chi connectivity index (χ2n) is 8.08. The number of benzene rings is 3. The molecule has 194 valence electrons. The van der Waals surface area contributed by atoms with Crippen LogP contribution < -0.4 is 13.7 Å². The molecular formula is C26H25BrN2O7S. The molecule has 1 aliphatic heterocycles. The number of amides is 1. The molecule has 1 atom stereocenters. The molecule has 0 saturated heterocycles.